The summed E-state index contributed by atoms with van der Waals surface area (Å²) in [4.78, 5) is 0.211. The van der Waals surface area contributed by atoms with Crippen LogP contribution in [0.4, 0.5) is 0 Å². The van der Waals surface area contributed by atoms with Crippen LogP contribution < -0.4 is 4.74 Å². The van der Waals surface area contributed by atoms with Gasteiger partial charge in [-0.1, -0.05) is 35.9 Å². The highest BCUT2D eigenvalue weighted by molar-refractivity contribution is 7.90. The highest BCUT2D eigenvalue weighted by Gasteiger charge is 2.19. The number of halogens is 1. The summed E-state index contributed by atoms with van der Waals surface area (Å²) in [6.07, 6.45) is 2.22. The van der Waals surface area contributed by atoms with E-state index in [1.807, 2.05) is 43.3 Å². The molecule has 0 amide bonds. The van der Waals surface area contributed by atoms with E-state index in [0.29, 0.717) is 22.7 Å². The van der Waals surface area contributed by atoms with Crippen molar-refractivity contribution in [3.05, 3.63) is 94.6 Å². The molecule has 1 heterocycles. The maximum atomic E-state index is 13.2. The van der Waals surface area contributed by atoms with Gasteiger partial charge < -0.3 is 4.74 Å². The number of rotatable bonds is 5. The lowest BCUT2D eigenvalue weighted by atomic mass is 10.0. The number of hydrogen-bond donors (Lipinski definition) is 0. The molecule has 4 rings (SSSR count). The van der Waals surface area contributed by atoms with Crippen molar-refractivity contribution >= 4 is 32.5 Å². The summed E-state index contributed by atoms with van der Waals surface area (Å²) in [6, 6.07) is 20.0. The van der Waals surface area contributed by atoms with Crippen molar-refractivity contribution < 1.29 is 13.2 Å². The number of ether oxygens (including phenoxy) is 1. The second-order valence-corrected chi connectivity index (χ2v) is 9.18. The Morgan fingerprint density at radius 3 is 2.41 bits per heavy atom. The Kier molecular flexibility index (Phi) is 5.11. The van der Waals surface area contributed by atoms with Gasteiger partial charge in [0.1, 0.15) is 5.75 Å². The second-order valence-electron chi connectivity index (χ2n) is 6.96. The Hall–Kier alpha value is -2.76. The van der Waals surface area contributed by atoms with Gasteiger partial charge in [0.15, 0.2) is 0 Å². The Morgan fingerprint density at radius 1 is 0.966 bits per heavy atom. The van der Waals surface area contributed by atoms with Gasteiger partial charge >= 0.3 is 0 Å². The molecule has 0 saturated carbocycles. The molecule has 4 aromatic rings. The van der Waals surface area contributed by atoms with Crippen LogP contribution in [0, 0.1) is 6.92 Å². The molecule has 0 aliphatic heterocycles. The van der Waals surface area contributed by atoms with Crippen LogP contribution in [-0.4, -0.2) is 19.5 Å². The molecule has 0 bridgehead atoms. The fourth-order valence-corrected chi connectivity index (χ4v) is 4.99. The number of benzene rings is 3. The van der Waals surface area contributed by atoms with Crippen LogP contribution in [0.5, 0.6) is 5.75 Å². The maximum Gasteiger partial charge on any atom is 0.268 e. The van der Waals surface area contributed by atoms with Gasteiger partial charge in [0.2, 0.25) is 0 Å². The molecule has 0 N–H and O–H groups in total. The van der Waals surface area contributed by atoms with Crippen LogP contribution >= 0.6 is 11.6 Å². The first-order valence-electron chi connectivity index (χ1n) is 9.13. The minimum absolute atomic E-state index is 0.211. The molecule has 1 aromatic heterocycles. The van der Waals surface area contributed by atoms with E-state index in [-0.39, 0.29) is 4.90 Å². The summed E-state index contributed by atoms with van der Waals surface area (Å²) in [5, 5.41) is 1.58. The Balaban J connectivity index is 1.74. The average molecular weight is 426 g/mol. The molecule has 0 atom stereocenters. The molecule has 0 saturated heterocycles. The molecule has 0 spiro atoms. The summed E-state index contributed by atoms with van der Waals surface area (Å²) in [6.45, 7) is 2.00. The van der Waals surface area contributed by atoms with E-state index in [9.17, 15) is 8.42 Å². The van der Waals surface area contributed by atoms with Crippen molar-refractivity contribution in [2.24, 2.45) is 0 Å². The van der Waals surface area contributed by atoms with E-state index in [4.69, 9.17) is 16.3 Å². The third-order valence-electron chi connectivity index (χ3n) is 4.94. The van der Waals surface area contributed by atoms with E-state index in [1.165, 1.54) is 3.97 Å². The smallest absolute Gasteiger partial charge is 0.268 e. The average Bonchev–Trinajstić information content (AvgIpc) is 3.14. The van der Waals surface area contributed by atoms with Crippen LogP contribution in [0.15, 0.2) is 77.8 Å². The Morgan fingerprint density at radius 2 is 1.72 bits per heavy atom. The van der Waals surface area contributed by atoms with E-state index in [2.05, 4.69) is 0 Å². The van der Waals surface area contributed by atoms with Crippen LogP contribution in [0.25, 0.3) is 10.9 Å². The van der Waals surface area contributed by atoms with Gasteiger partial charge in [0.05, 0.1) is 17.5 Å². The molecule has 0 fully saturated rings. The first-order chi connectivity index (χ1) is 13.9. The van der Waals surface area contributed by atoms with Crippen molar-refractivity contribution in [3.63, 3.8) is 0 Å². The number of nitrogens with zero attached hydrogens (tertiary/aromatic N) is 1. The van der Waals surface area contributed by atoms with Crippen LogP contribution in [0.1, 0.15) is 16.7 Å². The normalized spacial score (nSPS) is 11.7. The molecular formula is C23H20ClNO3S. The highest BCUT2D eigenvalue weighted by Crippen LogP contribution is 2.27. The predicted octanol–water partition coefficient (Wildman–Crippen LogP) is 5.44. The summed E-state index contributed by atoms with van der Waals surface area (Å²) < 4.78 is 32.8. The second kappa shape index (κ2) is 7.58. The van der Waals surface area contributed by atoms with Gasteiger partial charge in [0.25, 0.3) is 10.0 Å². The Labute approximate surface area is 175 Å². The number of aryl methyl sites for hydroxylation is 1. The fourth-order valence-electron chi connectivity index (χ4n) is 3.35. The van der Waals surface area contributed by atoms with Gasteiger partial charge in [-0.25, -0.2) is 12.4 Å². The van der Waals surface area contributed by atoms with Gasteiger partial charge in [-0.05, 0) is 72.5 Å². The number of methoxy groups -OCH3 is 1. The first kappa shape index (κ1) is 19.6. The maximum absolute atomic E-state index is 13.2. The van der Waals surface area contributed by atoms with Gasteiger partial charge in [0, 0.05) is 16.6 Å². The number of aromatic nitrogens is 1. The third-order valence-corrected chi connectivity index (χ3v) is 7.00. The zero-order valence-corrected chi connectivity index (χ0v) is 17.7. The SMILES string of the molecule is COc1ccc(S(=O)(=O)n2ccc3ccc(Cc4ccc(C)cc4Cl)cc32)cc1. The zero-order valence-electron chi connectivity index (χ0n) is 16.1. The summed E-state index contributed by atoms with van der Waals surface area (Å²) in [5.74, 6) is 0.610. The monoisotopic (exact) mass is 425 g/mol. The van der Waals surface area contributed by atoms with Crippen molar-refractivity contribution in [1.29, 1.82) is 0 Å². The molecule has 3 aromatic carbocycles. The minimum Gasteiger partial charge on any atom is -0.497 e. The number of hydrogen-bond acceptors (Lipinski definition) is 3. The van der Waals surface area contributed by atoms with Crippen molar-refractivity contribution in [1.82, 2.24) is 3.97 Å². The summed E-state index contributed by atoms with van der Waals surface area (Å²) >= 11 is 6.37. The summed E-state index contributed by atoms with van der Waals surface area (Å²) in [7, 11) is -2.17. The van der Waals surface area contributed by atoms with Gasteiger partial charge in [-0.15, -0.1) is 0 Å². The van der Waals surface area contributed by atoms with E-state index < -0.39 is 10.0 Å². The quantitative estimate of drug-likeness (QED) is 0.427. The van der Waals surface area contributed by atoms with Crippen molar-refractivity contribution in [3.8, 4) is 5.75 Å². The lowest BCUT2D eigenvalue weighted by molar-refractivity contribution is 0.414. The van der Waals surface area contributed by atoms with Crippen molar-refractivity contribution in [2.75, 3.05) is 7.11 Å². The minimum atomic E-state index is -3.72. The molecule has 6 heteroatoms. The summed E-state index contributed by atoms with van der Waals surface area (Å²) in [5.41, 5.74) is 3.75. The van der Waals surface area contributed by atoms with E-state index >= 15 is 0 Å². The molecule has 0 aliphatic carbocycles. The molecule has 0 unspecified atom stereocenters. The first-order valence-corrected chi connectivity index (χ1v) is 10.9. The van der Waals surface area contributed by atoms with Crippen LogP contribution in [0.3, 0.4) is 0 Å². The molecule has 0 aliphatic rings. The Bertz CT molecular complexity index is 1290. The van der Waals surface area contributed by atoms with E-state index in [1.54, 1.807) is 43.6 Å². The molecular weight excluding hydrogens is 406 g/mol. The number of fused-ring (bicyclic) bond motifs is 1. The van der Waals surface area contributed by atoms with Gasteiger partial charge in [-0.3, -0.25) is 0 Å². The van der Waals surface area contributed by atoms with Crippen molar-refractivity contribution in [2.45, 2.75) is 18.2 Å². The van der Waals surface area contributed by atoms with E-state index in [0.717, 1.165) is 22.1 Å². The predicted molar refractivity (Wildman–Crippen MR) is 117 cm³/mol. The van der Waals surface area contributed by atoms with Crippen LogP contribution in [0.2, 0.25) is 5.02 Å². The zero-order chi connectivity index (χ0) is 20.6. The fraction of sp³-hybridized carbons (Fsp3) is 0.130. The third kappa shape index (κ3) is 3.76. The molecule has 0 radical (unpaired) electrons. The largest absolute Gasteiger partial charge is 0.497 e. The lowest BCUT2D eigenvalue weighted by Gasteiger charge is -2.10. The highest BCUT2D eigenvalue weighted by atomic mass is 35.5. The molecule has 148 valence electrons. The van der Waals surface area contributed by atoms with Crippen LogP contribution in [-0.2, 0) is 16.4 Å². The lowest BCUT2D eigenvalue weighted by Crippen LogP contribution is -2.11. The standard InChI is InChI=1S/C23H20ClNO3S/c1-16-3-5-19(22(24)13-16)14-17-4-6-18-11-12-25(23(18)15-17)29(26,27)21-9-7-20(28-2)8-10-21/h3-13,15H,14H2,1-2H3. The molecule has 4 nitrogen and oxygen atoms in total. The van der Waals surface area contributed by atoms with Gasteiger partial charge in [-0.2, -0.15) is 0 Å². The molecule has 29 heavy (non-hydrogen) atoms. The topological polar surface area (TPSA) is 48.3 Å².